The molecule has 1 aromatic carbocycles. The number of halogens is 2. The van der Waals surface area contributed by atoms with E-state index in [4.69, 9.17) is 23.1 Å². The van der Waals surface area contributed by atoms with Gasteiger partial charge < -0.3 is 11.5 Å². The fourth-order valence-electron chi connectivity index (χ4n) is 1.13. The third-order valence-electron chi connectivity index (χ3n) is 1.78. The molecule has 0 unspecified atom stereocenters. The molecule has 0 aromatic heterocycles. The van der Waals surface area contributed by atoms with Gasteiger partial charge >= 0.3 is 0 Å². The Labute approximate surface area is 85.8 Å². The van der Waals surface area contributed by atoms with E-state index < -0.39 is 17.8 Å². The van der Waals surface area contributed by atoms with E-state index in [1.54, 1.807) is 0 Å². The zero-order valence-electron chi connectivity index (χ0n) is 7.34. The Morgan fingerprint density at radius 1 is 1.57 bits per heavy atom. The molecular formula is C9H10ClFN2O. The molecule has 0 radical (unpaired) electrons. The fourth-order valence-corrected chi connectivity index (χ4v) is 1.31. The van der Waals surface area contributed by atoms with Crippen molar-refractivity contribution in [3.63, 3.8) is 0 Å². The first-order valence-corrected chi connectivity index (χ1v) is 4.37. The summed E-state index contributed by atoms with van der Waals surface area (Å²) in [6.45, 7) is 0. The van der Waals surface area contributed by atoms with Gasteiger partial charge in [0.05, 0.1) is 0 Å². The van der Waals surface area contributed by atoms with Gasteiger partial charge in [0, 0.05) is 23.0 Å². The number of nitrogens with two attached hydrogens (primary N) is 2. The number of primary amides is 1. The molecule has 0 aliphatic heterocycles. The summed E-state index contributed by atoms with van der Waals surface area (Å²) in [6, 6.07) is 3.27. The maximum Gasteiger partial charge on any atom is 0.219 e. The topological polar surface area (TPSA) is 69.1 Å². The predicted molar refractivity (Wildman–Crippen MR) is 52.1 cm³/mol. The molecule has 0 saturated heterocycles. The molecule has 3 nitrogen and oxygen atoms in total. The van der Waals surface area contributed by atoms with E-state index >= 15 is 0 Å². The third kappa shape index (κ3) is 2.68. The molecule has 1 atom stereocenters. The zero-order valence-corrected chi connectivity index (χ0v) is 8.09. The first kappa shape index (κ1) is 10.9. The van der Waals surface area contributed by atoms with Crippen molar-refractivity contribution in [2.24, 2.45) is 11.5 Å². The van der Waals surface area contributed by atoms with Gasteiger partial charge in [-0.1, -0.05) is 11.6 Å². The van der Waals surface area contributed by atoms with Crippen LogP contribution in [0.2, 0.25) is 5.02 Å². The molecule has 76 valence electrons. The fraction of sp³-hybridized carbons (Fsp3) is 0.222. The van der Waals surface area contributed by atoms with E-state index in [-0.39, 0.29) is 12.0 Å². The Hall–Kier alpha value is -1.13. The Balaban J connectivity index is 2.93. The molecule has 1 amide bonds. The second-order valence-electron chi connectivity index (χ2n) is 2.94. The van der Waals surface area contributed by atoms with E-state index in [0.29, 0.717) is 5.02 Å². The van der Waals surface area contributed by atoms with Gasteiger partial charge in [-0.15, -0.1) is 0 Å². The number of amides is 1. The Morgan fingerprint density at radius 2 is 2.21 bits per heavy atom. The first-order valence-electron chi connectivity index (χ1n) is 3.99. The summed E-state index contributed by atoms with van der Waals surface area (Å²) >= 11 is 5.66. The van der Waals surface area contributed by atoms with Crippen molar-refractivity contribution >= 4 is 17.5 Å². The highest BCUT2D eigenvalue weighted by molar-refractivity contribution is 6.30. The number of hydrogen-bond donors (Lipinski definition) is 2. The van der Waals surface area contributed by atoms with Crippen LogP contribution in [0, 0.1) is 5.82 Å². The summed E-state index contributed by atoms with van der Waals surface area (Å²) < 4.78 is 13.2. The lowest BCUT2D eigenvalue weighted by molar-refractivity contribution is -0.118. The highest BCUT2D eigenvalue weighted by Crippen LogP contribution is 2.21. The molecule has 1 aromatic rings. The van der Waals surface area contributed by atoms with E-state index in [9.17, 15) is 9.18 Å². The Morgan fingerprint density at radius 3 is 2.79 bits per heavy atom. The van der Waals surface area contributed by atoms with Crippen LogP contribution in [0.4, 0.5) is 4.39 Å². The van der Waals surface area contributed by atoms with Gasteiger partial charge in [-0.3, -0.25) is 4.79 Å². The molecule has 0 heterocycles. The number of hydrogen-bond acceptors (Lipinski definition) is 2. The molecule has 0 aliphatic carbocycles. The number of benzene rings is 1. The standard InChI is InChI=1S/C9H10ClFN2O/c10-5-1-2-7(11)6(3-5)8(12)4-9(13)14/h1-3,8H,4,12H2,(H2,13,14)/t8-/m0/s1. The number of carbonyl (C=O) groups excluding carboxylic acids is 1. The summed E-state index contributed by atoms with van der Waals surface area (Å²) in [5.74, 6) is -1.06. The second kappa shape index (κ2) is 4.39. The maximum atomic E-state index is 13.2. The SMILES string of the molecule is NC(=O)C[C@H](N)c1cc(Cl)ccc1F. The number of carbonyl (C=O) groups is 1. The molecule has 14 heavy (non-hydrogen) atoms. The van der Waals surface area contributed by atoms with Crippen LogP contribution in [0.1, 0.15) is 18.0 Å². The minimum atomic E-state index is -0.744. The maximum absolute atomic E-state index is 13.2. The largest absolute Gasteiger partial charge is 0.370 e. The van der Waals surface area contributed by atoms with Gasteiger partial charge in [0.2, 0.25) is 5.91 Å². The molecule has 0 saturated carbocycles. The van der Waals surface area contributed by atoms with Crippen LogP contribution in [0.15, 0.2) is 18.2 Å². The average molecular weight is 217 g/mol. The van der Waals surface area contributed by atoms with Crippen LogP contribution in [-0.2, 0) is 4.79 Å². The van der Waals surface area contributed by atoms with Crippen molar-refractivity contribution in [2.45, 2.75) is 12.5 Å². The monoisotopic (exact) mass is 216 g/mol. The third-order valence-corrected chi connectivity index (χ3v) is 2.01. The van der Waals surface area contributed by atoms with Crippen molar-refractivity contribution in [3.05, 3.63) is 34.6 Å². The van der Waals surface area contributed by atoms with Gasteiger partial charge in [-0.2, -0.15) is 0 Å². The van der Waals surface area contributed by atoms with Crippen LogP contribution < -0.4 is 11.5 Å². The molecule has 0 fully saturated rings. The van der Waals surface area contributed by atoms with Crippen molar-refractivity contribution in [1.82, 2.24) is 0 Å². The van der Waals surface area contributed by atoms with Crippen molar-refractivity contribution in [3.8, 4) is 0 Å². The normalized spacial score (nSPS) is 12.5. The lowest BCUT2D eigenvalue weighted by Gasteiger charge is -2.10. The Kier molecular flexibility index (Phi) is 3.43. The molecule has 5 heteroatoms. The van der Waals surface area contributed by atoms with Gasteiger partial charge in [0.1, 0.15) is 5.82 Å². The summed E-state index contributed by atoms with van der Waals surface area (Å²) in [6.07, 6.45) is -0.0999. The van der Waals surface area contributed by atoms with Crippen molar-refractivity contribution in [2.75, 3.05) is 0 Å². The van der Waals surface area contributed by atoms with E-state index in [2.05, 4.69) is 0 Å². The Bertz CT molecular complexity index is 357. The van der Waals surface area contributed by atoms with Crippen molar-refractivity contribution < 1.29 is 9.18 Å². The van der Waals surface area contributed by atoms with Gasteiger partial charge in [-0.05, 0) is 18.2 Å². The average Bonchev–Trinajstić information content (AvgIpc) is 2.08. The summed E-state index contributed by atoms with van der Waals surface area (Å²) in [4.78, 5) is 10.6. The molecule has 4 N–H and O–H groups in total. The first-order chi connectivity index (χ1) is 6.50. The summed E-state index contributed by atoms with van der Waals surface area (Å²) in [5.41, 5.74) is 10.7. The minimum Gasteiger partial charge on any atom is -0.370 e. The highest BCUT2D eigenvalue weighted by atomic mass is 35.5. The minimum absolute atomic E-state index is 0.0999. The summed E-state index contributed by atoms with van der Waals surface area (Å²) in [5, 5.41) is 0.376. The highest BCUT2D eigenvalue weighted by Gasteiger charge is 2.13. The van der Waals surface area contributed by atoms with Gasteiger partial charge in [0.25, 0.3) is 0 Å². The quantitative estimate of drug-likeness (QED) is 0.801. The van der Waals surface area contributed by atoms with Crippen LogP contribution in [0.25, 0.3) is 0 Å². The second-order valence-corrected chi connectivity index (χ2v) is 3.38. The van der Waals surface area contributed by atoms with E-state index in [1.807, 2.05) is 0 Å². The van der Waals surface area contributed by atoms with Gasteiger partial charge in [-0.25, -0.2) is 4.39 Å². The van der Waals surface area contributed by atoms with Gasteiger partial charge in [0.15, 0.2) is 0 Å². The molecule has 0 bridgehead atoms. The van der Waals surface area contributed by atoms with Crippen LogP contribution in [0.5, 0.6) is 0 Å². The van der Waals surface area contributed by atoms with Crippen LogP contribution in [-0.4, -0.2) is 5.91 Å². The lowest BCUT2D eigenvalue weighted by atomic mass is 10.0. The van der Waals surface area contributed by atoms with Crippen LogP contribution >= 0.6 is 11.6 Å². The van der Waals surface area contributed by atoms with E-state index in [0.717, 1.165) is 0 Å². The zero-order chi connectivity index (χ0) is 10.7. The van der Waals surface area contributed by atoms with E-state index in [1.165, 1.54) is 18.2 Å². The molecule has 0 spiro atoms. The lowest BCUT2D eigenvalue weighted by Crippen LogP contribution is -2.21. The molecular weight excluding hydrogens is 207 g/mol. The number of rotatable bonds is 3. The van der Waals surface area contributed by atoms with Crippen LogP contribution in [0.3, 0.4) is 0 Å². The summed E-state index contributed by atoms with van der Waals surface area (Å²) in [7, 11) is 0. The predicted octanol–water partition coefficient (Wildman–Crippen LogP) is 1.35. The molecule has 0 aliphatic rings. The van der Waals surface area contributed by atoms with Crippen molar-refractivity contribution in [1.29, 1.82) is 0 Å². The smallest absolute Gasteiger partial charge is 0.219 e. The molecule has 1 rings (SSSR count).